The zero-order valence-electron chi connectivity index (χ0n) is 18.6. The number of carbonyl (C=O) groups excluding carboxylic acids is 1. The number of hydrogen-bond donors (Lipinski definition) is 3. The standard InChI is InChI=1S/C26H34N2O4/c29-25(30)22(18-20-8-3-1-4-9-20)19-21-12-14-24(15-13-21)32-17-7-16-27-26(31)28-23-10-5-2-6-11-23/h1,3-4,8-9,12-15,22-23H,2,5-7,10-11,16-19H2,(H,29,30)(H2,27,28,31)/t22-/m0/s1. The van der Waals surface area contributed by atoms with Crippen LogP contribution in [0.5, 0.6) is 5.75 Å². The fourth-order valence-electron chi connectivity index (χ4n) is 4.10. The topological polar surface area (TPSA) is 87.7 Å². The molecular weight excluding hydrogens is 404 g/mol. The Morgan fingerprint density at radius 2 is 1.59 bits per heavy atom. The molecule has 2 aromatic rings. The molecular formula is C26H34N2O4. The van der Waals surface area contributed by atoms with Gasteiger partial charge < -0.3 is 20.5 Å². The van der Waals surface area contributed by atoms with E-state index in [9.17, 15) is 14.7 Å². The van der Waals surface area contributed by atoms with Crippen LogP contribution in [0.2, 0.25) is 0 Å². The van der Waals surface area contributed by atoms with Gasteiger partial charge in [0.25, 0.3) is 0 Å². The lowest BCUT2D eigenvalue weighted by Gasteiger charge is -2.22. The quantitative estimate of drug-likeness (QED) is 0.448. The van der Waals surface area contributed by atoms with E-state index in [0.29, 0.717) is 32.0 Å². The minimum Gasteiger partial charge on any atom is -0.494 e. The number of amides is 2. The van der Waals surface area contributed by atoms with Crippen LogP contribution in [-0.4, -0.2) is 36.3 Å². The van der Waals surface area contributed by atoms with Gasteiger partial charge in [0.15, 0.2) is 0 Å². The van der Waals surface area contributed by atoms with Gasteiger partial charge in [0.2, 0.25) is 0 Å². The van der Waals surface area contributed by atoms with Gasteiger partial charge in [0.05, 0.1) is 12.5 Å². The SMILES string of the molecule is O=C(NCCCOc1ccc(C[C@H](Cc2ccccc2)C(=O)O)cc1)NC1CCCCC1. The number of hydrogen-bond acceptors (Lipinski definition) is 3. The largest absolute Gasteiger partial charge is 0.494 e. The average molecular weight is 439 g/mol. The van der Waals surface area contributed by atoms with Crippen LogP contribution >= 0.6 is 0 Å². The molecule has 172 valence electrons. The molecule has 1 aliphatic rings. The van der Waals surface area contributed by atoms with Gasteiger partial charge in [-0.15, -0.1) is 0 Å². The second-order valence-electron chi connectivity index (χ2n) is 8.51. The van der Waals surface area contributed by atoms with Gasteiger partial charge in [0.1, 0.15) is 5.75 Å². The van der Waals surface area contributed by atoms with Gasteiger partial charge in [-0.25, -0.2) is 4.79 Å². The molecule has 2 aromatic carbocycles. The van der Waals surface area contributed by atoms with Gasteiger partial charge in [-0.3, -0.25) is 4.79 Å². The van der Waals surface area contributed by atoms with Gasteiger partial charge in [-0.1, -0.05) is 61.7 Å². The van der Waals surface area contributed by atoms with E-state index in [4.69, 9.17) is 4.74 Å². The van der Waals surface area contributed by atoms with Crippen molar-refractivity contribution < 1.29 is 19.4 Å². The highest BCUT2D eigenvalue weighted by Crippen LogP contribution is 2.19. The Kier molecular flexibility index (Phi) is 9.41. The van der Waals surface area contributed by atoms with Crippen LogP contribution in [0.15, 0.2) is 54.6 Å². The molecule has 0 spiro atoms. The molecule has 1 aliphatic carbocycles. The Hall–Kier alpha value is -3.02. The number of ether oxygens (including phenoxy) is 1. The first-order valence-corrected chi connectivity index (χ1v) is 11.6. The molecule has 0 heterocycles. The number of carboxylic acid groups (broad SMARTS) is 1. The predicted octanol–water partition coefficient (Wildman–Crippen LogP) is 4.57. The summed E-state index contributed by atoms with van der Waals surface area (Å²) in [5, 5.41) is 15.5. The summed E-state index contributed by atoms with van der Waals surface area (Å²) in [4.78, 5) is 23.6. The van der Waals surface area contributed by atoms with Crippen molar-refractivity contribution in [1.82, 2.24) is 10.6 Å². The highest BCUT2D eigenvalue weighted by molar-refractivity contribution is 5.74. The van der Waals surface area contributed by atoms with Gasteiger partial charge in [0, 0.05) is 12.6 Å². The molecule has 0 bridgehead atoms. The molecule has 6 heteroatoms. The first-order valence-electron chi connectivity index (χ1n) is 11.6. The molecule has 6 nitrogen and oxygen atoms in total. The van der Waals surface area contributed by atoms with E-state index in [0.717, 1.165) is 36.1 Å². The summed E-state index contributed by atoms with van der Waals surface area (Å²) in [7, 11) is 0. The summed E-state index contributed by atoms with van der Waals surface area (Å²) in [6, 6.07) is 17.5. The minimum atomic E-state index is -0.783. The lowest BCUT2D eigenvalue weighted by Crippen LogP contribution is -2.43. The lowest BCUT2D eigenvalue weighted by molar-refractivity contribution is -0.141. The Labute approximate surface area is 190 Å². The van der Waals surface area contributed by atoms with Crippen LogP contribution in [0.4, 0.5) is 4.79 Å². The first kappa shape index (κ1) is 23.6. The van der Waals surface area contributed by atoms with Crippen LogP contribution < -0.4 is 15.4 Å². The van der Waals surface area contributed by atoms with Gasteiger partial charge in [-0.05, 0) is 55.4 Å². The second-order valence-corrected chi connectivity index (χ2v) is 8.51. The highest BCUT2D eigenvalue weighted by Gasteiger charge is 2.19. The molecule has 0 radical (unpaired) electrons. The summed E-state index contributed by atoms with van der Waals surface area (Å²) in [6.07, 6.45) is 7.52. The zero-order valence-corrected chi connectivity index (χ0v) is 18.6. The first-order chi connectivity index (χ1) is 15.6. The summed E-state index contributed by atoms with van der Waals surface area (Å²) < 4.78 is 5.75. The number of nitrogens with one attached hydrogen (secondary N) is 2. The molecule has 0 saturated heterocycles. The average Bonchev–Trinajstić information content (AvgIpc) is 2.81. The molecule has 0 aromatic heterocycles. The van der Waals surface area contributed by atoms with Crippen molar-refractivity contribution in [3.05, 3.63) is 65.7 Å². The minimum absolute atomic E-state index is 0.0928. The highest BCUT2D eigenvalue weighted by atomic mass is 16.5. The molecule has 32 heavy (non-hydrogen) atoms. The van der Waals surface area contributed by atoms with Crippen LogP contribution in [-0.2, 0) is 17.6 Å². The van der Waals surface area contributed by atoms with Gasteiger partial charge >= 0.3 is 12.0 Å². The van der Waals surface area contributed by atoms with E-state index >= 15 is 0 Å². The van der Waals surface area contributed by atoms with Crippen LogP contribution in [0.1, 0.15) is 49.7 Å². The van der Waals surface area contributed by atoms with Crippen molar-refractivity contribution >= 4 is 12.0 Å². The monoisotopic (exact) mass is 438 g/mol. The molecule has 1 fully saturated rings. The predicted molar refractivity (Wildman–Crippen MR) is 125 cm³/mol. The smallest absolute Gasteiger partial charge is 0.315 e. The third kappa shape index (κ3) is 8.25. The van der Waals surface area contributed by atoms with Gasteiger partial charge in [-0.2, -0.15) is 0 Å². The molecule has 0 aliphatic heterocycles. The van der Waals surface area contributed by atoms with E-state index in [2.05, 4.69) is 10.6 Å². The number of carbonyl (C=O) groups is 2. The Morgan fingerprint density at radius 3 is 2.25 bits per heavy atom. The third-order valence-corrected chi connectivity index (χ3v) is 5.90. The normalized spacial score (nSPS) is 15.0. The molecule has 1 saturated carbocycles. The second kappa shape index (κ2) is 12.7. The summed E-state index contributed by atoms with van der Waals surface area (Å²) in [5.41, 5.74) is 2.00. The van der Waals surface area contributed by atoms with Crippen molar-refractivity contribution in [2.45, 2.75) is 57.4 Å². The lowest BCUT2D eigenvalue weighted by atomic mass is 9.92. The number of aliphatic carboxylic acids is 1. The Balaban J connectivity index is 1.35. The molecule has 3 rings (SSSR count). The molecule has 3 N–H and O–H groups in total. The molecule has 0 unspecified atom stereocenters. The third-order valence-electron chi connectivity index (χ3n) is 5.90. The number of rotatable bonds is 11. The molecule has 2 amide bonds. The van der Waals surface area contributed by atoms with Crippen LogP contribution in [0.25, 0.3) is 0 Å². The van der Waals surface area contributed by atoms with Crippen LogP contribution in [0.3, 0.4) is 0 Å². The van der Waals surface area contributed by atoms with Crippen molar-refractivity contribution in [1.29, 1.82) is 0 Å². The van der Waals surface area contributed by atoms with E-state index in [-0.39, 0.29) is 6.03 Å². The number of urea groups is 1. The Morgan fingerprint density at radius 1 is 0.938 bits per heavy atom. The van der Waals surface area contributed by atoms with Crippen LogP contribution in [0, 0.1) is 5.92 Å². The molecule has 1 atom stereocenters. The Bertz CT molecular complexity index is 833. The van der Waals surface area contributed by atoms with Crippen molar-refractivity contribution in [2.24, 2.45) is 5.92 Å². The van der Waals surface area contributed by atoms with Crippen molar-refractivity contribution in [3.63, 3.8) is 0 Å². The summed E-state index contributed by atoms with van der Waals surface area (Å²) >= 11 is 0. The number of benzene rings is 2. The maximum atomic E-state index is 11.9. The van der Waals surface area contributed by atoms with E-state index < -0.39 is 11.9 Å². The fraction of sp³-hybridized carbons (Fsp3) is 0.462. The van der Waals surface area contributed by atoms with Crippen molar-refractivity contribution in [2.75, 3.05) is 13.2 Å². The van der Waals surface area contributed by atoms with E-state index in [1.165, 1.54) is 19.3 Å². The zero-order chi connectivity index (χ0) is 22.6. The maximum absolute atomic E-state index is 11.9. The van der Waals surface area contributed by atoms with Crippen molar-refractivity contribution in [3.8, 4) is 5.75 Å². The van der Waals surface area contributed by atoms with E-state index in [1.54, 1.807) is 0 Å². The van der Waals surface area contributed by atoms with E-state index in [1.807, 2.05) is 54.6 Å². The maximum Gasteiger partial charge on any atom is 0.315 e. The number of carboxylic acids is 1. The fourth-order valence-corrected chi connectivity index (χ4v) is 4.10. The summed E-state index contributed by atoms with van der Waals surface area (Å²) in [6.45, 7) is 1.07. The summed E-state index contributed by atoms with van der Waals surface area (Å²) in [5.74, 6) is -0.500.